The minimum absolute atomic E-state index is 0.252. The van der Waals surface area contributed by atoms with Gasteiger partial charge in [0, 0.05) is 10.4 Å². The zero-order valence-corrected chi connectivity index (χ0v) is 13.3. The van der Waals surface area contributed by atoms with E-state index in [1.807, 2.05) is 0 Å². The van der Waals surface area contributed by atoms with Gasteiger partial charge in [-0.25, -0.2) is 8.78 Å². The van der Waals surface area contributed by atoms with Gasteiger partial charge in [0.25, 0.3) is 11.9 Å². The molecule has 6 nitrogen and oxygen atoms in total. The molecule has 0 aliphatic heterocycles. The van der Waals surface area contributed by atoms with Crippen molar-refractivity contribution in [2.75, 3.05) is 0 Å². The van der Waals surface area contributed by atoms with Crippen molar-refractivity contribution in [2.45, 2.75) is 0 Å². The molecule has 28 heavy (non-hydrogen) atoms. The van der Waals surface area contributed by atoms with Crippen LogP contribution in [0.5, 0.6) is 0 Å². The Hall–Kier alpha value is -4.72. The van der Waals surface area contributed by atoms with Crippen LogP contribution < -0.4 is 10.4 Å². The van der Waals surface area contributed by atoms with Gasteiger partial charge >= 0.3 is 0 Å². The molecule has 1 aromatic heterocycles. The van der Waals surface area contributed by atoms with Gasteiger partial charge in [0.05, 0.1) is 22.3 Å². The van der Waals surface area contributed by atoms with Gasteiger partial charge in [-0.1, -0.05) is 12.1 Å². The van der Waals surface area contributed by atoms with Gasteiger partial charge in [0.1, 0.15) is 35.9 Å². The predicted molar refractivity (Wildman–Crippen MR) is 81.9 cm³/mol. The van der Waals surface area contributed by atoms with Crippen molar-refractivity contribution in [1.82, 2.24) is 4.98 Å². The van der Waals surface area contributed by atoms with Gasteiger partial charge in [-0.2, -0.15) is 40.1 Å². The standard InChI is InChI=1S/C18H2F4N6/c19-15-14(16(20)18(22)28-17(15)21)13(7-27)10-2-1-9(8(3-23)4-24)11(5-25)12(10)6-26/h1-2H/b13-10-. The van der Waals surface area contributed by atoms with Crippen LogP contribution in [-0.2, 0) is 0 Å². The third kappa shape index (κ3) is 2.97. The van der Waals surface area contributed by atoms with E-state index in [2.05, 4.69) is 4.98 Å². The van der Waals surface area contributed by atoms with Crippen molar-refractivity contribution in [3.8, 4) is 30.3 Å². The van der Waals surface area contributed by atoms with E-state index >= 15 is 0 Å². The number of nitriles is 5. The van der Waals surface area contributed by atoms with E-state index in [0.29, 0.717) is 0 Å². The van der Waals surface area contributed by atoms with Crippen LogP contribution in [0, 0.1) is 80.2 Å². The molecule has 0 radical (unpaired) electrons. The summed E-state index contributed by atoms with van der Waals surface area (Å²) in [5, 5.41) is 45.1. The highest BCUT2D eigenvalue weighted by Gasteiger charge is 2.25. The maximum atomic E-state index is 14.0. The second-order valence-corrected chi connectivity index (χ2v) is 4.92. The molecular weight excluding hydrogens is 376 g/mol. The van der Waals surface area contributed by atoms with Crippen molar-refractivity contribution < 1.29 is 17.6 Å². The van der Waals surface area contributed by atoms with Crippen LogP contribution in [0.4, 0.5) is 17.6 Å². The zero-order chi connectivity index (χ0) is 21.0. The normalized spacial score (nSPS) is 10.5. The first kappa shape index (κ1) is 19.6. The minimum atomic E-state index is -2.01. The quantitative estimate of drug-likeness (QED) is 0.543. The van der Waals surface area contributed by atoms with Crippen LogP contribution in [0.3, 0.4) is 0 Å². The Morgan fingerprint density at radius 3 is 1.61 bits per heavy atom. The maximum absolute atomic E-state index is 14.0. The fourth-order valence-corrected chi connectivity index (χ4v) is 2.35. The van der Waals surface area contributed by atoms with E-state index in [0.717, 1.165) is 12.1 Å². The van der Waals surface area contributed by atoms with Crippen molar-refractivity contribution in [2.24, 2.45) is 0 Å². The summed E-state index contributed by atoms with van der Waals surface area (Å²) in [5.74, 6) is -7.96. The number of hydrogen-bond acceptors (Lipinski definition) is 6. The summed E-state index contributed by atoms with van der Waals surface area (Å²) in [6.45, 7) is 0. The van der Waals surface area contributed by atoms with E-state index < -0.39 is 56.6 Å². The number of pyridine rings is 1. The molecule has 0 N–H and O–H groups in total. The van der Waals surface area contributed by atoms with Gasteiger partial charge in [-0.15, -0.1) is 0 Å². The van der Waals surface area contributed by atoms with Crippen molar-refractivity contribution in [3.63, 3.8) is 0 Å². The number of hydrogen-bond donors (Lipinski definition) is 0. The summed E-state index contributed by atoms with van der Waals surface area (Å²) in [4.78, 5) is 2.38. The highest BCUT2D eigenvalue weighted by molar-refractivity contribution is 5.80. The summed E-state index contributed by atoms with van der Waals surface area (Å²) in [5.41, 5.74) is -4.07. The van der Waals surface area contributed by atoms with Crippen molar-refractivity contribution in [1.29, 1.82) is 26.3 Å². The molecule has 0 atom stereocenters. The van der Waals surface area contributed by atoms with E-state index in [-0.39, 0.29) is 5.22 Å². The minimum Gasteiger partial charge on any atom is -0.201 e. The number of rotatable bonds is 1. The Morgan fingerprint density at radius 1 is 0.714 bits per heavy atom. The fourth-order valence-electron chi connectivity index (χ4n) is 2.35. The largest absolute Gasteiger partial charge is 0.252 e. The third-order valence-electron chi connectivity index (χ3n) is 3.55. The van der Waals surface area contributed by atoms with Gasteiger partial charge < -0.3 is 0 Å². The molecule has 1 aromatic carbocycles. The molecule has 0 bridgehead atoms. The van der Waals surface area contributed by atoms with Crippen LogP contribution in [0.15, 0.2) is 12.1 Å². The summed E-state index contributed by atoms with van der Waals surface area (Å²) in [7, 11) is 0. The van der Waals surface area contributed by atoms with Gasteiger partial charge in [-0.3, -0.25) is 0 Å². The molecule has 132 valence electrons. The smallest absolute Gasteiger partial charge is 0.201 e. The zero-order valence-electron chi connectivity index (χ0n) is 13.3. The molecule has 0 amide bonds. The summed E-state index contributed by atoms with van der Waals surface area (Å²) in [6.07, 6.45) is 0. The first-order chi connectivity index (χ1) is 13.4. The molecule has 0 spiro atoms. The molecular formula is C18H2F4N6. The first-order valence-electron chi connectivity index (χ1n) is 6.98. The molecule has 0 saturated heterocycles. The molecule has 10 heteroatoms. The molecule has 0 unspecified atom stereocenters. The fraction of sp³-hybridized carbons (Fsp3) is 0. The van der Waals surface area contributed by atoms with Crippen LogP contribution in [0.2, 0.25) is 0 Å². The van der Waals surface area contributed by atoms with E-state index in [4.69, 9.17) is 10.5 Å². The SMILES string of the molecule is N#CC(C#N)=c1cc/c(=C(\C#N)c2c(F)c(F)nc(F)c2F)c(C#N)c1C#N. The lowest BCUT2D eigenvalue weighted by Gasteiger charge is -2.06. The molecule has 0 fully saturated rings. The number of halogens is 4. The van der Waals surface area contributed by atoms with Crippen LogP contribution >= 0.6 is 0 Å². The number of aromatic nitrogens is 1. The number of nitrogens with zero attached hydrogens (tertiary/aromatic N) is 6. The van der Waals surface area contributed by atoms with Crippen molar-refractivity contribution in [3.05, 3.63) is 62.8 Å². The highest BCUT2D eigenvalue weighted by atomic mass is 19.2. The topological polar surface area (TPSA) is 132 Å². The second kappa shape index (κ2) is 7.67. The van der Waals surface area contributed by atoms with E-state index in [9.17, 15) is 33.3 Å². The van der Waals surface area contributed by atoms with Crippen molar-refractivity contribution >= 4 is 11.1 Å². The number of benzene rings is 1. The van der Waals surface area contributed by atoms with Gasteiger partial charge in [0.2, 0.25) is 0 Å². The van der Waals surface area contributed by atoms with Gasteiger partial charge in [0.15, 0.2) is 11.6 Å². The Balaban J connectivity index is 3.24. The van der Waals surface area contributed by atoms with Crippen LogP contribution in [-0.4, -0.2) is 4.98 Å². The lowest BCUT2D eigenvalue weighted by molar-refractivity contribution is 0.404. The molecule has 0 aliphatic carbocycles. The molecule has 0 saturated carbocycles. The molecule has 2 rings (SSSR count). The van der Waals surface area contributed by atoms with Gasteiger partial charge in [-0.05, 0) is 0 Å². The third-order valence-corrected chi connectivity index (χ3v) is 3.55. The van der Waals surface area contributed by atoms with E-state index in [1.165, 1.54) is 24.3 Å². The monoisotopic (exact) mass is 378 g/mol. The molecule has 1 heterocycles. The molecule has 2 aromatic rings. The lowest BCUT2D eigenvalue weighted by atomic mass is 9.96. The maximum Gasteiger partial charge on any atom is 0.252 e. The van der Waals surface area contributed by atoms with Crippen LogP contribution in [0.1, 0.15) is 16.7 Å². The Labute approximate surface area is 154 Å². The Kier molecular flexibility index (Phi) is 5.37. The van der Waals surface area contributed by atoms with Crippen LogP contribution in [0.25, 0.3) is 11.1 Å². The molecule has 0 aliphatic rings. The summed E-state index contributed by atoms with van der Waals surface area (Å²) >= 11 is 0. The summed E-state index contributed by atoms with van der Waals surface area (Å²) in [6, 6.07) is 9.42. The predicted octanol–water partition coefficient (Wildman–Crippen LogP) is 1.30. The first-order valence-corrected chi connectivity index (χ1v) is 6.98. The highest BCUT2D eigenvalue weighted by Crippen LogP contribution is 2.23. The second-order valence-electron chi connectivity index (χ2n) is 4.92. The summed E-state index contributed by atoms with van der Waals surface area (Å²) < 4.78 is 54.9. The average Bonchev–Trinajstić information content (AvgIpc) is 2.70. The van der Waals surface area contributed by atoms with E-state index in [1.54, 1.807) is 6.07 Å². The lowest BCUT2D eigenvalue weighted by Crippen LogP contribution is -2.23. The average molecular weight is 378 g/mol. The Morgan fingerprint density at radius 2 is 1.18 bits per heavy atom. The Bertz CT molecular complexity index is 1320.